The molecule has 16 heavy (non-hydrogen) atoms. The summed E-state index contributed by atoms with van der Waals surface area (Å²) in [5, 5.41) is 3.37. The van der Waals surface area contributed by atoms with Gasteiger partial charge in [-0.2, -0.15) is 0 Å². The van der Waals surface area contributed by atoms with Crippen LogP contribution in [0.5, 0.6) is 0 Å². The molecule has 1 aliphatic carbocycles. The van der Waals surface area contributed by atoms with Gasteiger partial charge in [0, 0.05) is 19.1 Å². The number of carbonyl (C=O) groups excluding carboxylic acids is 1. The summed E-state index contributed by atoms with van der Waals surface area (Å²) in [5.41, 5.74) is -0.0267. The van der Waals surface area contributed by atoms with Crippen molar-refractivity contribution in [1.82, 2.24) is 15.1 Å². The Bertz CT molecular complexity index is 284. The van der Waals surface area contributed by atoms with Crippen LogP contribution in [0.15, 0.2) is 0 Å². The normalized spacial score (nSPS) is 29.9. The molecule has 1 unspecified atom stereocenters. The zero-order valence-corrected chi connectivity index (χ0v) is 10.8. The first-order valence-corrected chi connectivity index (χ1v) is 6.13. The van der Waals surface area contributed by atoms with Crippen molar-refractivity contribution in [1.29, 1.82) is 0 Å². The predicted octanol–water partition coefficient (Wildman–Crippen LogP) is 0.289. The maximum absolute atomic E-state index is 12.4. The number of hydrogen-bond acceptors (Lipinski definition) is 3. The van der Waals surface area contributed by atoms with Crippen LogP contribution in [-0.2, 0) is 4.79 Å². The predicted molar refractivity (Wildman–Crippen MR) is 64.3 cm³/mol. The van der Waals surface area contributed by atoms with Crippen LogP contribution >= 0.6 is 0 Å². The Morgan fingerprint density at radius 1 is 1.44 bits per heavy atom. The zero-order chi connectivity index (χ0) is 11.9. The molecule has 0 bridgehead atoms. The first-order valence-electron chi connectivity index (χ1n) is 6.13. The van der Waals surface area contributed by atoms with Gasteiger partial charge in [-0.15, -0.1) is 0 Å². The molecule has 0 aromatic rings. The monoisotopic (exact) mass is 225 g/mol. The van der Waals surface area contributed by atoms with Gasteiger partial charge in [0.2, 0.25) is 5.91 Å². The Kier molecular flexibility index (Phi) is 2.97. The van der Waals surface area contributed by atoms with E-state index in [1.165, 1.54) is 12.8 Å². The van der Waals surface area contributed by atoms with Crippen molar-refractivity contribution in [2.75, 3.05) is 27.2 Å². The van der Waals surface area contributed by atoms with Crippen LogP contribution in [0.4, 0.5) is 0 Å². The Balaban J connectivity index is 2.09. The lowest BCUT2D eigenvalue weighted by atomic mass is 9.96. The number of hydrogen-bond donors (Lipinski definition) is 1. The van der Waals surface area contributed by atoms with E-state index >= 15 is 0 Å². The summed E-state index contributed by atoms with van der Waals surface area (Å²) < 4.78 is 0. The van der Waals surface area contributed by atoms with E-state index in [-0.39, 0.29) is 17.5 Å². The lowest BCUT2D eigenvalue weighted by Crippen LogP contribution is -2.67. The van der Waals surface area contributed by atoms with E-state index in [9.17, 15) is 4.79 Å². The van der Waals surface area contributed by atoms with Crippen LogP contribution in [0.1, 0.15) is 26.7 Å². The van der Waals surface area contributed by atoms with Gasteiger partial charge in [0.05, 0.1) is 11.6 Å². The average molecular weight is 225 g/mol. The number of nitrogens with zero attached hydrogens (tertiary/aromatic N) is 2. The van der Waals surface area contributed by atoms with Crippen molar-refractivity contribution >= 4 is 5.91 Å². The topological polar surface area (TPSA) is 35.6 Å². The van der Waals surface area contributed by atoms with Crippen LogP contribution in [0, 0.1) is 0 Å². The quantitative estimate of drug-likeness (QED) is 0.750. The van der Waals surface area contributed by atoms with Gasteiger partial charge in [-0.1, -0.05) is 0 Å². The van der Waals surface area contributed by atoms with E-state index in [2.05, 4.69) is 29.0 Å². The van der Waals surface area contributed by atoms with Crippen LogP contribution in [0.2, 0.25) is 0 Å². The average Bonchev–Trinajstić information content (AvgIpc) is 2.93. The number of piperazine rings is 1. The fourth-order valence-electron chi connectivity index (χ4n) is 2.53. The fraction of sp³-hybridized carbons (Fsp3) is 0.917. The first-order chi connectivity index (χ1) is 7.42. The van der Waals surface area contributed by atoms with Gasteiger partial charge in [-0.05, 0) is 40.8 Å². The van der Waals surface area contributed by atoms with Gasteiger partial charge >= 0.3 is 0 Å². The van der Waals surface area contributed by atoms with Gasteiger partial charge in [0.15, 0.2) is 0 Å². The van der Waals surface area contributed by atoms with Crippen LogP contribution < -0.4 is 5.32 Å². The van der Waals surface area contributed by atoms with E-state index in [4.69, 9.17) is 0 Å². The van der Waals surface area contributed by atoms with Crippen LogP contribution in [0.25, 0.3) is 0 Å². The van der Waals surface area contributed by atoms with Crippen molar-refractivity contribution in [3.05, 3.63) is 0 Å². The highest BCUT2D eigenvalue weighted by molar-refractivity contribution is 5.84. The van der Waals surface area contributed by atoms with Crippen molar-refractivity contribution in [2.24, 2.45) is 0 Å². The number of carbonyl (C=O) groups is 1. The Morgan fingerprint density at radius 2 is 2.06 bits per heavy atom. The molecule has 4 heteroatoms. The smallest absolute Gasteiger partial charge is 0.241 e. The van der Waals surface area contributed by atoms with Gasteiger partial charge in [-0.25, -0.2) is 0 Å². The molecular formula is C12H23N3O. The molecule has 2 aliphatic rings. The van der Waals surface area contributed by atoms with Gasteiger partial charge < -0.3 is 15.1 Å². The molecule has 0 aromatic heterocycles. The molecule has 92 valence electrons. The maximum Gasteiger partial charge on any atom is 0.241 e. The molecule has 2 rings (SSSR count). The molecule has 1 atom stereocenters. The number of amides is 1. The fourth-order valence-corrected chi connectivity index (χ4v) is 2.53. The molecule has 1 amide bonds. The van der Waals surface area contributed by atoms with Gasteiger partial charge in [0.1, 0.15) is 0 Å². The third-order valence-electron chi connectivity index (χ3n) is 3.43. The maximum atomic E-state index is 12.4. The molecule has 1 N–H and O–H groups in total. The molecule has 2 fully saturated rings. The molecule has 1 aliphatic heterocycles. The van der Waals surface area contributed by atoms with Crippen molar-refractivity contribution in [3.63, 3.8) is 0 Å². The molecule has 0 aromatic carbocycles. The van der Waals surface area contributed by atoms with Gasteiger partial charge in [-0.3, -0.25) is 4.79 Å². The third-order valence-corrected chi connectivity index (χ3v) is 3.43. The molecule has 1 heterocycles. The molecule has 4 nitrogen and oxygen atoms in total. The van der Waals surface area contributed by atoms with Crippen molar-refractivity contribution < 1.29 is 4.79 Å². The summed E-state index contributed by atoms with van der Waals surface area (Å²) in [6, 6.07) is 0.484. The lowest BCUT2D eigenvalue weighted by Gasteiger charge is -2.46. The molecule has 1 saturated carbocycles. The minimum Gasteiger partial charge on any atom is -0.332 e. The lowest BCUT2D eigenvalue weighted by molar-refractivity contribution is -0.144. The van der Waals surface area contributed by atoms with E-state index < -0.39 is 0 Å². The highest BCUT2D eigenvalue weighted by Crippen LogP contribution is 2.34. The van der Waals surface area contributed by atoms with Crippen LogP contribution in [0.3, 0.4) is 0 Å². The summed E-state index contributed by atoms with van der Waals surface area (Å²) in [5.74, 6) is 0.285. The summed E-state index contributed by atoms with van der Waals surface area (Å²) in [7, 11) is 4.02. The Morgan fingerprint density at radius 3 is 2.56 bits per heavy atom. The van der Waals surface area contributed by atoms with E-state index in [0.29, 0.717) is 6.04 Å². The largest absolute Gasteiger partial charge is 0.332 e. The summed E-state index contributed by atoms with van der Waals surface area (Å²) in [6.45, 7) is 6.00. The minimum atomic E-state index is -0.0267. The van der Waals surface area contributed by atoms with Crippen LogP contribution in [-0.4, -0.2) is 60.5 Å². The summed E-state index contributed by atoms with van der Waals surface area (Å²) in [6.07, 6.45) is 2.37. The molecule has 0 radical (unpaired) electrons. The highest BCUT2D eigenvalue weighted by atomic mass is 16.2. The first kappa shape index (κ1) is 11.9. The highest BCUT2D eigenvalue weighted by Gasteiger charge is 2.46. The van der Waals surface area contributed by atoms with Crippen molar-refractivity contribution in [2.45, 2.75) is 44.3 Å². The third kappa shape index (κ3) is 2.23. The van der Waals surface area contributed by atoms with Gasteiger partial charge in [0.25, 0.3) is 0 Å². The number of nitrogens with one attached hydrogen (secondary N) is 1. The van der Waals surface area contributed by atoms with Crippen molar-refractivity contribution in [3.8, 4) is 0 Å². The molecule has 0 spiro atoms. The second-order valence-corrected chi connectivity index (χ2v) is 5.95. The summed E-state index contributed by atoms with van der Waals surface area (Å²) >= 11 is 0. The van der Waals surface area contributed by atoms with E-state index in [0.717, 1.165) is 13.1 Å². The van der Waals surface area contributed by atoms with E-state index in [1.807, 2.05) is 14.1 Å². The Labute approximate surface area is 98.0 Å². The zero-order valence-electron chi connectivity index (χ0n) is 10.8. The second-order valence-electron chi connectivity index (χ2n) is 5.95. The number of rotatable bonds is 3. The SMILES string of the molecule is CN(C)CC1NCC(C)(C)N(C2CC2)C1=O. The summed E-state index contributed by atoms with van der Waals surface area (Å²) in [4.78, 5) is 16.6. The number of likely N-dealkylation sites (N-methyl/N-ethyl adjacent to an activating group) is 1. The Hall–Kier alpha value is -0.610. The second kappa shape index (κ2) is 4.00. The minimum absolute atomic E-state index is 0.0244. The standard InChI is InChI=1S/C12H23N3O/c1-12(2)8-13-10(7-14(3)4)11(16)15(12)9-5-6-9/h9-10,13H,5-8H2,1-4H3. The molecule has 1 saturated heterocycles. The van der Waals surface area contributed by atoms with E-state index in [1.54, 1.807) is 0 Å². The molecular weight excluding hydrogens is 202 g/mol.